The van der Waals surface area contributed by atoms with Gasteiger partial charge in [0.25, 0.3) is 0 Å². The molecule has 0 N–H and O–H groups in total. The molecule has 3 aliphatic heterocycles. The van der Waals surface area contributed by atoms with Crippen molar-refractivity contribution in [2.75, 3.05) is 13.1 Å². The number of nitrogens with zero attached hydrogens (tertiary/aromatic N) is 2. The average Bonchev–Trinajstić information content (AvgIpc) is 2.36. The Hall–Kier alpha value is -0.540. The van der Waals surface area contributed by atoms with Crippen LogP contribution in [0, 0.1) is 5.92 Å². The summed E-state index contributed by atoms with van der Waals surface area (Å²) in [5.41, 5.74) is 2.22. The second-order valence-corrected chi connectivity index (χ2v) is 5.99. The summed E-state index contributed by atoms with van der Waals surface area (Å²) < 4.78 is 1.03. The number of rotatable bonds is 1. The molecule has 4 rings (SSSR count). The summed E-state index contributed by atoms with van der Waals surface area (Å²) in [5.74, 6) is 0.649. The molecule has 1 unspecified atom stereocenters. The molecule has 0 aliphatic carbocycles. The van der Waals surface area contributed by atoms with E-state index in [0.717, 1.165) is 23.3 Å². The summed E-state index contributed by atoms with van der Waals surface area (Å²) in [6, 6.07) is 3.94. The van der Waals surface area contributed by atoms with Crippen molar-refractivity contribution in [3.63, 3.8) is 0 Å². The van der Waals surface area contributed by atoms with Crippen LogP contribution in [0.5, 0.6) is 0 Å². The molecular formula is C13H14BrClN2. The Balaban J connectivity index is 1.96. The molecule has 0 aromatic carbocycles. The van der Waals surface area contributed by atoms with Crippen LogP contribution in [0.3, 0.4) is 0 Å². The summed E-state index contributed by atoms with van der Waals surface area (Å²) in [7, 11) is 0. The predicted octanol–water partition coefficient (Wildman–Crippen LogP) is 3.52. The fourth-order valence-corrected chi connectivity index (χ4v) is 3.50. The molecule has 17 heavy (non-hydrogen) atoms. The molecule has 3 fully saturated rings. The number of hydrogen-bond acceptors (Lipinski definition) is 2. The van der Waals surface area contributed by atoms with Gasteiger partial charge in [-0.05, 0) is 52.9 Å². The lowest BCUT2D eigenvalue weighted by atomic mass is 9.85. The fraction of sp³-hybridized carbons (Fsp3) is 0.462. The Morgan fingerprint density at radius 2 is 2.18 bits per heavy atom. The van der Waals surface area contributed by atoms with E-state index in [1.165, 1.54) is 18.5 Å². The van der Waals surface area contributed by atoms with E-state index >= 15 is 0 Å². The summed E-state index contributed by atoms with van der Waals surface area (Å²) in [6.45, 7) is 2.29. The van der Waals surface area contributed by atoms with Crippen LogP contribution in [0.15, 0.2) is 28.5 Å². The molecule has 0 spiro atoms. The van der Waals surface area contributed by atoms with Gasteiger partial charge in [0, 0.05) is 29.5 Å². The standard InChI is InChI=1S/C13H14BrClN2/c14-10-2-1-5-16-11(10)8-12-13(15)9-3-6-17(12)7-4-9/h1-2,5,8-9,13H,3-4,6-7H2. The van der Waals surface area contributed by atoms with Gasteiger partial charge in [0.15, 0.2) is 0 Å². The largest absolute Gasteiger partial charge is 0.374 e. The molecule has 90 valence electrons. The highest BCUT2D eigenvalue weighted by molar-refractivity contribution is 9.10. The van der Waals surface area contributed by atoms with Crippen LogP contribution in [0.2, 0.25) is 0 Å². The number of alkyl halides is 1. The second kappa shape index (κ2) is 4.62. The molecule has 4 heteroatoms. The lowest BCUT2D eigenvalue weighted by Gasteiger charge is -2.45. The zero-order valence-corrected chi connectivity index (χ0v) is 11.8. The van der Waals surface area contributed by atoms with E-state index in [1.807, 2.05) is 18.3 Å². The summed E-state index contributed by atoms with van der Waals surface area (Å²) in [5, 5.41) is 0.159. The topological polar surface area (TPSA) is 16.1 Å². The van der Waals surface area contributed by atoms with Gasteiger partial charge < -0.3 is 4.90 Å². The number of halogens is 2. The van der Waals surface area contributed by atoms with Gasteiger partial charge in [-0.1, -0.05) is 0 Å². The van der Waals surface area contributed by atoms with Crippen LogP contribution in [-0.2, 0) is 0 Å². The van der Waals surface area contributed by atoms with Crippen LogP contribution >= 0.6 is 27.5 Å². The average molecular weight is 314 g/mol. The molecule has 1 aromatic heterocycles. The van der Waals surface area contributed by atoms with Crippen molar-refractivity contribution in [1.29, 1.82) is 0 Å². The maximum atomic E-state index is 6.53. The quantitative estimate of drug-likeness (QED) is 0.738. The zero-order valence-electron chi connectivity index (χ0n) is 9.44. The summed E-state index contributed by atoms with van der Waals surface area (Å²) in [6.07, 6.45) is 6.41. The molecule has 3 saturated heterocycles. The third kappa shape index (κ3) is 2.11. The lowest BCUT2D eigenvalue weighted by molar-refractivity contribution is 0.166. The lowest BCUT2D eigenvalue weighted by Crippen LogP contribution is -2.46. The Morgan fingerprint density at radius 1 is 1.41 bits per heavy atom. The van der Waals surface area contributed by atoms with Gasteiger partial charge >= 0.3 is 0 Å². The minimum Gasteiger partial charge on any atom is -0.374 e. The van der Waals surface area contributed by atoms with E-state index in [4.69, 9.17) is 11.6 Å². The third-order valence-electron chi connectivity index (χ3n) is 3.67. The van der Waals surface area contributed by atoms with Crippen LogP contribution in [-0.4, -0.2) is 28.4 Å². The Morgan fingerprint density at radius 3 is 2.82 bits per heavy atom. The van der Waals surface area contributed by atoms with Gasteiger partial charge in [0.2, 0.25) is 0 Å². The van der Waals surface area contributed by atoms with Crippen LogP contribution < -0.4 is 0 Å². The normalized spacial score (nSPS) is 30.0. The predicted molar refractivity (Wildman–Crippen MR) is 73.9 cm³/mol. The number of hydrogen-bond donors (Lipinski definition) is 0. The molecule has 0 saturated carbocycles. The highest BCUT2D eigenvalue weighted by Gasteiger charge is 2.36. The first-order valence-electron chi connectivity index (χ1n) is 5.97. The molecule has 3 aliphatic rings. The van der Waals surface area contributed by atoms with Crippen molar-refractivity contribution >= 4 is 33.6 Å². The van der Waals surface area contributed by atoms with E-state index in [-0.39, 0.29) is 5.38 Å². The van der Waals surface area contributed by atoms with E-state index in [1.54, 1.807) is 0 Å². The second-order valence-electron chi connectivity index (χ2n) is 4.67. The zero-order chi connectivity index (χ0) is 11.8. The first-order valence-corrected chi connectivity index (χ1v) is 7.20. The number of pyridine rings is 1. The van der Waals surface area contributed by atoms with Crippen molar-refractivity contribution in [2.24, 2.45) is 5.92 Å². The van der Waals surface area contributed by atoms with Gasteiger partial charge in [0.05, 0.1) is 11.1 Å². The van der Waals surface area contributed by atoms with Crippen molar-refractivity contribution in [2.45, 2.75) is 18.2 Å². The van der Waals surface area contributed by atoms with Crippen molar-refractivity contribution < 1.29 is 0 Å². The van der Waals surface area contributed by atoms with Crippen molar-refractivity contribution in [3.05, 3.63) is 34.2 Å². The van der Waals surface area contributed by atoms with Gasteiger partial charge in [-0.3, -0.25) is 4.98 Å². The first kappa shape index (κ1) is 11.5. The summed E-state index contributed by atoms with van der Waals surface area (Å²) >= 11 is 10.1. The van der Waals surface area contributed by atoms with Gasteiger partial charge in [-0.25, -0.2) is 0 Å². The minimum absolute atomic E-state index is 0.159. The maximum Gasteiger partial charge on any atom is 0.0789 e. The molecule has 2 bridgehead atoms. The number of piperidine rings is 3. The van der Waals surface area contributed by atoms with E-state index in [2.05, 4.69) is 31.9 Å². The fourth-order valence-electron chi connectivity index (χ4n) is 2.68. The summed E-state index contributed by atoms with van der Waals surface area (Å²) in [4.78, 5) is 6.78. The van der Waals surface area contributed by atoms with Crippen LogP contribution in [0.25, 0.3) is 6.08 Å². The molecule has 1 aromatic rings. The number of aromatic nitrogens is 1. The third-order valence-corrected chi connectivity index (χ3v) is 4.92. The highest BCUT2D eigenvalue weighted by Crippen LogP contribution is 2.39. The van der Waals surface area contributed by atoms with E-state index in [9.17, 15) is 0 Å². The molecular weight excluding hydrogens is 300 g/mol. The Kier molecular flexibility index (Phi) is 3.14. The molecule has 0 radical (unpaired) electrons. The van der Waals surface area contributed by atoms with Gasteiger partial charge in [-0.15, -0.1) is 11.6 Å². The molecule has 4 heterocycles. The van der Waals surface area contributed by atoms with Crippen molar-refractivity contribution in [1.82, 2.24) is 9.88 Å². The van der Waals surface area contributed by atoms with E-state index < -0.39 is 0 Å². The Bertz CT molecular complexity index is 448. The number of allylic oxidation sites excluding steroid dienone is 1. The maximum absolute atomic E-state index is 6.53. The Labute approximate surface area is 115 Å². The van der Waals surface area contributed by atoms with Crippen LogP contribution in [0.4, 0.5) is 0 Å². The highest BCUT2D eigenvalue weighted by atomic mass is 79.9. The van der Waals surface area contributed by atoms with Crippen LogP contribution in [0.1, 0.15) is 18.5 Å². The van der Waals surface area contributed by atoms with Crippen molar-refractivity contribution in [3.8, 4) is 0 Å². The first-order chi connectivity index (χ1) is 8.25. The molecule has 2 nitrogen and oxygen atoms in total. The van der Waals surface area contributed by atoms with Gasteiger partial charge in [-0.2, -0.15) is 0 Å². The molecule has 1 atom stereocenters. The van der Waals surface area contributed by atoms with E-state index in [0.29, 0.717) is 5.92 Å². The monoisotopic (exact) mass is 312 g/mol. The minimum atomic E-state index is 0.159. The van der Waals surface area contributed by atoms with Gasteiger partial charge in [0.1, 0.15) is 0 Å². The number of fused-ring (bicyclic) bond motifs is 3. The SMILES string of the molecule is ClC1C(=Cc2ncccc2Br)N2CCC1CC2. The smallest absolute Gasteiger partial charge is 0.0789 e. The molecule has 0 amide bonds.